The number of amides is 1. The van der Waals surface area contributed by atoms with E-state index < -0.39 is 17.5 Å². The maximum atomic E-state index is 13.8. The molecule has 0 aliphatic carbocycles. The fourth-order valence-corrected chi connectivity index (χ4v) is 2.49. The summed E-state index contributed by atoms with van der Waals surface area (Å²) in [7, 11) is 3.93. The van der Waals surface area contributed by atoms with Crippen molar-refractivity contribution >= 4 is 17.4 Å². The van der Waals surface area contributed by atoms with Gasteiger partial charge in [-0.15, -0.1) is 0 Å². The van der Waals surface area contributed by atoms with Gasteiger partial charge in [0.1, 0.15) is 17.5 Å². The van der Waals surface area contributed by atoms with E-state index in [1.165, 1.54) is 0 Å². The van der Waals surface area contributed by atoms with Crippen LogP contribution in [-0.2, 0) is 6.54 Å². The average Bonchev–Trinajstić information content (AvgIpc) is 3.02. The highest BCUT2D eigenvalue weighted by Crippen LogP contribution is 2.17. The van der Waals surface area contributed by atoms with Crippen LogP contribution >= 0.6 is 0 Å². The molecule has 0 spiro atoms. The van der Waals surface area contributed by atoms with Gasteiger partial charge in [0.25, 0.3) is 5.91 Å². The standard InChI is InChI=1S/C19H18F2N4O/c1-24(2)15-6-3-13(4-7-15)12-25-18(9-10-22-25)23-19(26)16-8-5-14(20)11-17(16)21/h3-11H,12H2,1-2H3,(H,23,26). The van der Waals surface area contributed by atoms with Gasteiger partial charge in [0.15, 0.2) is 0 Å². The first-order valence-electron chi connectivity index (χ1n) is 7.98. The number of hydrogen-bond acceptors (Lipinski definition) is 3. The van der Waals surface area contributed by atoms with E-state index in [0.717, 1.165) is 23.4 Å². The summed E-state index contributed by atoms with van der Waals surface area (Å²) < 4.78 is 28.3. The summed E-state index contributed by atoms with van der Waals surface area (Å²) in [5.74, 6) is -1.87. The minimum atomic E-state index is -0.909. The largest absolute Gasteiger partial charge is 0.378 e. The van der Waals surface area contributed by atoms with Crippen molar-refractivity contribution in [2.45, 2.75) is 6.54 Å². The molecule has 1 amide bonds. The van der Waals surface area contributed by atoms with E-state index >= 15 is 0 Å². The molecule has 0 atom stereocenters. The van der Waals surface area contributed by atoms with Crippen LogP contribution in [0.15, 0.2) is 54.7 Å². The minimum Gasteiger partial charge on any atom is -0.378 e. The van der Waals surface area contributed by atoms with Crippen molar-refractivity contribution in [3.8, 4) is 0 Å². The van der Waals surface area contributed by atoms with Gasteiger partial charge in [0.2, 0.25) is 0 Å². The lowest BCUT2D eigenvalue weighted by Gasteiger charge is -2.13. The molecule has 26 heavy (non-hydrogen) atoms. The Labute approximate surface area is 149 Å². The minimum absolute atomic E-state index is 0.227. The number of aromatic nitrogens is 2. The number of nitrogens with one attached hydrogen (secondary N) is 1. The lowest BCUT2D eigenvalue weighted by atomic mass is 10.2. The molecule has 0 saturated carbocycles. The second-order valence-electron chi connectivity index (χ2n) is 6.01. The second kappa shape index (κ2) is 7.35. The monoisotopic (exact) mass is 356 g/mol. The Morgan fingerprint density at radius 1 is 1.12 bits per heavy atom. The highest BCUT2D eigenvalue weighted by molar-refractivity contribution is 6.04. The van der Waals surface area contributed by atoms with Crippen molar-refractivity contribution in [2.24, 2.45) is 0 Å². The lowest BCUT2D eigenvalue weighted by molar-refractivity contribution is 0.102. The Balaban J connectivity index is 1.75. The number of anilines is 2. The van der Waals surface area contributed by atoms with Crippen molar-refractivity contribution < 1.29 is 13.6 Å². The van der Waals surface area contributed by atoms with Crippen LogP contribution in [0.1, 0.15) is 15.9 Å². The van der Waals surface area contributed by atoms with Gasteiger partial charge in [0.05, 0.1) is 18.3 Å². The summed E-state index contributed by atoms with van der Waals surface area (Å²) in [6.07, 6.45) is 1.55. The maximum Gasteiger partial charge on any atom is 0.259 e. The van der Waals surface area contributed by atoms with Crippen molar-refractivity contribution in [3.05, 3.63) is 77.5 Å². The molecule has 5 nitrogen and oxygen atoms in total. The van der Waals surface area contributed by atoms with E-state index in [4.69, 9.17) is 0 Å². The van der Waals surface area contributed by atoms with Crippen LogP contribution in [0.25, 0.3) is 0 Å². The zero-order valence-corrected chi connectivity index (χ0v) is 14.4. The molecule has 1 N–H and O–H groups in total. The van der Waals surface area contributed by atoms with Crippen LogP contribution in [0.5, 0.6) is 0 Å². The fraction of sp³-hybridized carbons (Fsp3) is 0.158. The third kappa shape index (κ3) is 3.88. The van der Waals surface area contributed by atoms with Gasteiger partial charge in [-0.25, -0.2) is 13.5 Å². The molecule has 0 unspecified atom stereocenters. The molecule has 0 bridgehead atoms. The average molecular weight is 356 g/mol. The van der Waals surface area contributed by atoms with Crippen molar-refractivity contribution in [2.75, 3.05) is 24.3 Å². The lowest BCUT2D eigenvalue weighted by Crippen LogP contribution is -2.17. The molecule has 7 heteroatoms. The van der Waals surface area contributed by atoms with E-state index in [-0.39, 0.29) is 5.56 Å². The zero-order chi connectivity index (χ0) is 18.7. The molecule has 0 saturated heterocycles. The predicted octanol–water partition coefficient (Wildman–Crippen LogP) is 3.53. The molecule has 0 aliphatic rings. The van der Waals surface area contributed by atoms with Crippen LogP contribution in [0.3, 0.4) is 0 Å². The second-order valence-corrected chi connectivity index (χ2v) is 6.01. The van der Waals surface area contributed by atoms with Crippen molar-refractivity contribution in [1.82, 2.24) is 9.78 Å². The Kier molecular flexibility index (Phi) is 4.97. The van der Waals surface area contributed by atoms with Gasteiger partial charge in [-0.3, -0.25) is 4.79 Å². The number of rotatable bonds is 5. The summed E-state index contributed by atoms with van der Waals surface area (Å²) in [4.78, 5) is 14.2. The van der Waals surface area contributed by atoms with Gasteiger partial charge in [-0.2, -0.15) is 5.10 Å². The molecule has 134 valence electrons. The third-order valence-corrected chi connectivity index (χ3v) is 3.92. The molecule has 0 aliphatic heterocycles. The first kappa shape index (κ1) is 17.6. The summed E-state index contributed by atoms with van der Waals surface area (Å²) in [5.41, 5.74) is 1.85. The third-order valence-electron chi connectivity index (χ3n) is 3.92. The summed E-state index contributed by atoms with van der Waals surface area (Å²) in [5, 5.41) is 6.80. The Morgan fingerprint density at radius 3 is 2.50 bits per heavy atom. The zero-order valence-electron chi connectivity index (χ0n) is 14.4. The number of nitrogens with zero attached hydrogens (tertiary/aromatic N) is 3. The Bertz CT molecular complexity index is 920. The number of carbonyl (C=O) groups excluding carboxylic acids is 1. The normalized spacial score (nSPS) is 10.6. The molecular weight excluding hydrogens is 338 g/mol. The van der Waals surface area contributed by atoms with Crippen molar-refractivity contribution in [1.29, 1.82) is 0 Å². The summed E-state index contributed by atoms with van der Waals surface area (Å²) in [6.45, 7) is 0.447. The first-order chi connectivity index (χ1) is 12.4. The van der Waals surface area contributed by atoms with Crippen LogP contribution in [0.4, 0.5) is 20.3 Å². The molecule has 0 radical (unpaired) electrons. The molecule has 3 rings (SSSR count). The van der Waals surface area contributed by atoms with Crippen molar-refractivity contribution in [3.63, 3.8) is 0 Å². The maximum absolute atomic E-state index is 13.8. The number of hydrogen-bond donors (Lipinski definition) is 1. The summed E-state index contributed by atoms with van der Waals surface area (Å²) >= 11 is 0. The first-order valence-corrected chi connectivity index (χ1v) is 7.98. The Morgan fingerprint density at radius 2 is 1.85 bits per heavy atom. The topological polar surface area (TPSA) is 50.2 Å². The number of halogens is 2. The van der Waals surface area contributed by atoms with E-state index in [1.54, 1.807) is 16.9 Å². The van der Waals surface area contributed by atoms with Crippen LogP contribution < -0.4 is 10.2 Å². The van der Waals surface area contributed by atoms with E-state index in [9.17, 15) is 13.6 Å². The SMILES string of the molecule is CN(C)c1ccc(Cn2nccc2NC(=O)c2ccc(F)cc2F)cc1. The summed E-state index contributed by atoms with van der Waals surface area (Å²) in [6, 6.07) is 12.4. The Hall–Kier alpha value is -3.22. The van der Waals surface area contributed by atoms with Gasteiger partial charge in [-0.05, 0) is 29.8 Å². The van der Waals surface area contributed by atoms with Crippen LogP contribution in [0.2, 0.25) is 0 Å². The van der Waals surface area contributed by atoms with E-state index in [1.807, 2.05) is 43.3 Å². The highest BCUT2D eigenvalue weighted by atomic mass is 19.1. The van der Waals surface area contributed by atoms with Crippen LogP contribution in [-0.4, -0.2) is 29.8 Å². The molecule has 0 fully saturated rings. The van der Waals surface area contributed by atoms with E-state index in [2.05, 4.69) is 10.4 Å². The number of carbonyl (C=O) groups is 1. The highest BCUT2D eigenvalue weighted by Gasteiger charge is 2.14. The molecule has 1 heterocycles. The molecule has 1 aromatic heterocycles. The van der Waals surface area contributed by atoms with Gasteiger partial charge in [-0.1, -0.05) is 12.1 Å². The fourth-order valence-electron chi connectivity index (χ4n) is 2.49. The van der Waals surface area contributed by atoms with Gasteiger partial charge < -0.3 is 10.2 Å². The molecule has 2 aromatic carbocycles. The smallest absolute Gasteiger partial charge is 0.259 e. The number of benzene rings is 2. The van der Waals surface area contributed by atoms with E-state index in [0.29, 0.717) is 18.4 Å². The molecular formula is C19H18F2N4O. The van der Waals surface area contributed by atoms with Gasteiger partial charge in [0, 0.05) is 31.9 Å². The van der Waals surface area contributed by atoms with Gasteiger partial charge >= 0.3 is 0 Å². The predicted molar refractivity (Wildman–Crippen MR) is 96.4 cm³/mol. The molecule has 3 aromatic rings. The quantitative estimate of drug-likeness (QED) is 0.761. The van der Waals surface area contributed by atoms with Crippen LogP contribution in [0, 0.1) is 11.6 Å².